The molecule has 1 N–H and O–H groups in total. The van der Waals surface area contributed by atoms with E-state index < -0.39 is 21.8 Å². The molecule has 188 valence electrons. The van der Waals surface area contributed by atoms with E-state index in [1.54, 1.807) is 6.07 Å². The molecule has 7 nitrogen and oxygen atoms in total. The molecular weight excluding hydrogens is 471 g/mol. The van der Waals surface area contributed by atoms with Crippen molar-refractivity contribution in [3.63, 3.8) is 0 Å². The normalized spacial score (nSPS) is 23.2. The topological polar surface area (TPSA) is 84.9 Å². The third kappa shape index (κ3) is 4.63. The highest BCUT2D eigenvalue weighted by atomic mass is 32.2. The van der Waals surface area contributed by atoms with E-state index in [0.29, 0.717) is 42.2 Å². The van der Waals surface area contributed by atoms with Crippen LogP contribution in [0.15, 0.2) is 35.2 Å². The molecule has 2 aromatic rings. The number of carbonyl (C=O) groups is 1. The van der Waals surface area contributed by atoms with Gasteiger partial charge >= 0.3 is 5.97 Å². The lowest BCUT2D eigenvalue weighted by molar-refractivity contribution is 0.0596. The maximum Gasteiger partial charge on any atom is 0.343 e. The van der Waals surface area contributed by atoms with Gasteiger partial charge in [-0.05, 0) is 86.5 Å². The number of aryl methyl sites for hydroxylation is 1. The van der Waals surface area contributed by atoms with Crippen LogP contribution in [0.3, 0.4) is 0 Å². The second kappa shape index (κ2) is 9.43. The summed E-state index contributed by atoms with van der Waals surface area (Å²) in [6.45, 7) is 4.59. The molecule has 1 saturated heterocycles. The van der Waals surface area contributed by atoms with E-state index >= 15 is 0 Å². The number of methoxy groups -OCH3 is 1. The monoisotopic (exact) mass is 502 g/mol. The van der Waals surface area contributed by atoms with Crippen LogP contribution in [0.2, 0.25) is 0 Å². The first-order valence-electron chi connectivity index (χ1n) is 12.3. The maximum atomic E-state index is 14.1. The molecule has 2 heterocycles. The fourth-order valence-corrected chi connectivity index (χ4v) is 6.93. The standard InChI is InChI=1S/C26H31FN2O5S/c1-3-29-12-4-5-19(29)8-6-16-13-18(27)7-11-23(16)35(31,32)28-22-10-9-20-21-14-17(21)15-34-25(20)24(22)26(30)33-2/h7,9-11,13,17,19,21,28H,3-6,8,12,14-15H2,1-2H3/t17-,19+,21-/m0/s1. The molecule has 0 amide bonds. The average Bonchev–Trinajstić information content (AvgIpc) is 3.50. The Morgan fingerprint density at radius 2 is 2.11 bits per heavy atom. The van der Waals surface area contributed by atoms with Crippen LogP contribution >= 0.6 is 0 Å². The zero-order valence-electron chi connectivity index (χ0n) is 20.1. The number of halogens is 1. The molecule has 35 heavy (non-hydrogen) atoms. The molecule has 1 aliphatic carbocycles. The van der Waals surface area contributed by atoms with Crippen molar-refractivity contribution in [2.45, 2.75) is 55.9 Å². The van der Waals surface area contributed by atoms with Crippen LogP contribution in [0.4, 0.5) is 10.1 Å². The smallest absolute Gasteiger partial charge is 0.343 e. The SMILES string of the molecule is CCN1CCC[C@@H]1CCc1cc(F)ccc1S(=O)(=O)Nc1ccc2c(c1C(=O)OC)OC[C@@H]1C[C@H]21. The van der Waals surface area contributed by atoms with Crippen molar-refractivity contribution in [3.05, 3.63) is 52.8 Å². The molecule has 0 bridgehead atoms. The Kier molecular flexibility index (Phi) is 6.48. The predicted molar refractivity (Wildman–Crippen MR) is 130 cm³/mol. The van der Waals surface area contributed by atoms with Gasteiger partial charge < -0.3 is 14.4 Å². The third-order valence-electron chi connectivity index (χ3n) is 7.55. The van der Waals surface area contributed by atoms with E-state index in [0.717, 1.165) is 50.4 Å². The van der Waals surface area contributed by atoms with E-state index in [-0.39, 0.29) is 16.1 Å². The maximum absolute atomic E-state index is 14.1. The number of nitrogens with one attached hydrogen (secondary N) is 1. The number of ether oxygens (including phenoxy) is 2. The van der Waals surface area contributed by atoms with Crippen molar-refractivity contribution >= 4 is 21.7 Å². The lowest BCUT2D eigenvalue weighted by Gasteiger charge is -2.23. The number of nitrogens with zero attached hydrogens (tertiary/aromatic N) is 1. The lowest BCUT2D eigenvalue weighted by atomic mass is 10.0. The lowest BCUT2D eigenvalue weighted by Crippen LogP contribution is -2.29. The van der Waals surface area contributed by atoms with Crippen molar-refractivity contribution in [1.29, 1.82) is 0 Å². The van der Waals surface area contributed by atoms with Gasteiger partial charge in [0.15, 0.2) is 0 Å². The van der Waals surface area contributed by atoms with Gasteiger partial charge in [-0.2, -0.15) is 0 Å². The number of likely N-dealkylation sites (tertiary alicyclic amines) is 1. The fraction of sp³-hybridized carbons (Fsp3) is 0.500. The number of esters is 1. The van der Waals surface area contributed by atoms with Gasteiger partial charge in [-0.15, -0.1) is 0 Å². The van der Waals surface area contributed by atoms with Crippen LogP contribution in [0, 0.1) is 11.7 Å². The van der Waals surface area contributed by atoms with Crippen LogP contribution in [-0.4, -0.2) is 52.1 Å². The first-order valence-corrected chi connectivity index (χ1v) is 13.7. The second-order valence-electron chi connectivity index (χ2n) is 9.63. The number of hydrogen-bond acceptors (Lipinski definition) is 6. The summed E-state index contributed by atoms with van der Waals surface area (Å²) in [7, 11) is -2.86. The van der Waals surface area contributed by atoms with E-state index in [9.17, 15) is 17.6 Å². The highest BCUT2D eigenvalue weighted by Gasteiger charge is 2.45. The van der Waals surface area contributed by atoms with Crippen molar-refractivity contribution < 1.29 is 27.1 Å². The quantitative estimate of drug-likeness (QED) is 0.541. The summed E-state index contributed by atoms with van der Waals surface area (Å²) < 4.78 is 54.6. The molecular formula is C26H31FN2O5S. The summed E-state index contributed by atoms with van der Waals surface area (Å²) in [4.78, 5) is 15.1. The first kappa shape index (κ1) is 24.1. The molecule has 3 atom stereocenters. The molecule has 1 saturated carbocycles. The number of carbonyl (C=O) groups excluding carboxylic acids is 1. The molecule has 3 aliphatic rings. The number of benzene rings is 2. The number of sulfonamides is 1. The summed E-state index contributed by atoms with van der Waals surface area (Å²) in [5.74, 6) is 0.0135. The van der Waals surface area contributed by atoms with Crippen molar-refractivity contribution in [3.8, 4) is 5.75 Å². The van der Waals surface area contributed by atoms with Gasteiger partial charge in [-0.25, -0.2) is 17.6 Å². The van der Waals surface area contributed by atoms with Gasteiger partial charge in [0.25, 0.3) is 10.0 Å². The number of rotatable bonds is 8. The van der Waals surface area contributed by atoms with Crippen LogP contribution < -0.4 is 9.46 Å². The minimum atomic E-state index is -4.11. The van der Waals surface area contributed by atoms with Crippen molar-refractivity contribution in [2.24, 2.45) is 5.92 Å². The first-order chi connectivity index (χ1) is 16.8. The van der Waals surface area contributed by atoms with Crippen LogP contribution in [0.25, 0.3) is 0 Å². The van der Waals surface area contributed by atoms with Crippen LogP contribution in [0.1, 0.15) is 60.0 Å². The Balaban J connectivity index is 1.45. The molecule has 9 heteroatoms. The predicted octanol–water partition coefficient (Wildman–Crippen LogP) is 4.33. The Hall–Kier alpha value is -2.65. The van der Waals surface area contributed by atoms with E-state index in [1.165, 1.54) is 19.2 Å². The fourth-order valence-electron chi connectivity index (χ4n) is 5.60. The minimum Gasteiger partial charge on any atom is -0.492 e. The summed E-state index contributed by atoms with van der Waals surface area (Å²) in [5.41, 5.74) is 1.50. The highest BCUT2D eigenvalue weighted by molar-refractivity contribution is 7.92. The number of fused-ring (bicyclic) bond motifs is 3. The van der Waals surface area contributed by atoms with Gasteiger partial charge in [-0.3, -0.25) is 4.72 Å². The number of anilines is 1. The number of hydrogen-bond donors (Lipinski definition) is 1. The van der Waals surface area contributed by atoms with Crippen LogP contribution in [-0.2, 0) is 21.2 Å². The van der Waals surface area contributed by atoms with E-state index in [4.69, 9.17) is 9.47 Å². The Morgan fingerprint density at radius 3 is 2.89 bits per heavy atom. The van der Waals surface area contributed by atoms with Gasteiger partial charge in [0.05, 0.1) is 24.3 Å². The zero-order valence-corrected chi connectivity index (χ0v) is 20.9. The Morgan fingerprint density at radius 1 is 1.29 bits per heavy atom. The Bertz CT molecular complexity index is 1250. The summed E-state index contributed by atoms with van der Waals surface area (Å²) in [6, 6.07) is 7.50. The average molecular weight is 503 g/mol. The third-order valence-corrected chi connectivity index (χ3v) is 9.02. The van der Waals surface area contributed by atoms with Gasteiger partial charge in [0.2, 0.25) is 0 Å². The molecule has 2 aliphatic heterocycles. The van der Waals surface area contributed by atoms with E-state index in [1.807, 2.05) is 6.07 Å². The zero-order chi connectivity index (χ0) is 24.7. The van der Waals surface area contributed by atoms with Crippen molar-refractivity contribution in [2.75, 3.05) is 31.5 Å². The molecule has 0 spiro atoms. The molecule has 5 rings (SSSR count). The molecule has 0 radical (unpaired) electrons. The van der Waals surface area contributed by atoms with Gasteiger partial charge in [0, 0.05) is 12.0 Å². The summed E-state index contributed by atoms with van der Waals surface area (Å²) in [5, 5.41) is 0. The van der Waals surface area contributed by atoms with Gasteiger partial charge in [-0.1, -0.05) is 13.0 Å². The van der Waals surface area contributed by atoms with Crippen LogP contribution in [0.5, 0.6) is 5.75 Å². The molecule has 2 aromatic carbocycles. The molecule has 0 unspecified atom stereocenters. The molecule has 0 aromatic heterocycles. The second-order valence-corrected chi connectivity index (χ2v) is 11.3. The molecule has 2 fully saturated rings. The largest absolute Gasteiger partial charge is 0.492 e. The minimum absolute atomic E-state index is 0.0108. The summed E-state index contributed by atoms with van der Waals surface area (Å²) >= 11 is 0. The summed E-state index contributed by atoms with van der Waals surface area (Å²) in [6.07, 6.45) is 4.36. The van der Waals surface area contributed by atoms with E-state index in [2.05, 4.69) is 16.5 Å². The Labute approximate surface area is 205 Å². The van der Waals surface area contributed by atoms with Gasteiger partial charge in [0.1, 0.15) is 17.1 Å². The van der Waals surface area contributed by atoms with Crippen molar-refractivity contribution in [1.82, 2.24) is 4.90 Å². The highest BCUT2D eigenvalue weighted by Crippen LogP contribution is 2.55.